The third-order valence-electron chi connectivity index (χ3n) is 3.96. The first-order chi connectivity index (χ1) is 12.8. The number of hydrogen-bond donors (Lipinski definition) is 2. The van der Waals surface area contributed by atoms with Gasteiger partial charge in [-0.15, -0.1) is 0 Å². The summed E-state index contributed by atoms with van der Waals surface area (Å²) in [5.74, 6) is -1.29. The molecule has 1 atom stereocenters. The molecular weight excluding hydrogens is 375 g/mol. The number of ether oxygens (including phenoxy) is 1. The Hall–Kier alpha value is -2.78. The van der Waals surface area contributed by atoms with E-state index in [1.807, 2.05) is 0 Å². The van der Waals surface area contributed by atoms with Crippen LogP contribution in [0.1, 0.15) is 12.0 Å². The van der Waals surface area contributed by atoms with Crippen LogP contribution in [-0.2, 0) is 30.8 Å². The Morgan fingerprint density at radius 1 is 1.11 bits per heavy atom. The van der Waals surface area contributed by atoms with E-state index in [4.69, 9.17) is 4.74 Å². The Bertz CT molecular complexity index is 943. The lowest BCUT2D eigenvalue weighted by molar-refractivity contribution is -0.139. The van der Waals surface area contributed by atoms with Crippen LogP contribution < -0.4 is 10.0 Å². The maximum absolute atomic E-state index is 12.9. The Morgan fingerprint density at radius 2 is 1.78 bits per heavy atom. The maximum atomic E-state index is 12.9. The average Bonchev–Trinajstić information content (AvgIpc) is 3.01. The molecule has 1 aliphatic heterocycles. The van der Waals surface area contributed by atoms with E-state index in [0.29, 0.717) is 11.3 Å². The number of carbonyl (C=O) groups excluding carboxylic acids is 2. The number of nitrogens with one attached hydrogen (secondary N) is 2. The van der Waals surface area contributed by atoms with Crippen LogP contribution in [0.25, 0.3) is 0 Å². The smallest absolute Gasteiger partial charge is 0.324 e. The minimum Gasteiger partial charge on any atom is -0.464 e. The van der Waals surface area contributed by atoms with Gasteiger partial charge in [-0.2, -0.15) is 4.72 Å². The third kappa shape index (κ3) is 4.89. The van der Waals surface area contributed by atoms with E-state index >= 15 is 0 Å². The van der Waals surface area contributed by atoms with E-state index in [0.717, 1.165) is 0 Å². The number of carbonyl (C=O) groups is 2. The number of anilines is 1. The van der Waals surface area contributed by atoms with Gasteiger partial charge in [0.15, 0.2) is 0 Å². The number of hydrogen-bond acceptors (Lipinski definition) is 5. The lowest BCUT2D eigenvalue weighted by Crippen LogP contribution is -2.37. The monoisotopic (exact) mass is 392 g/mol. The summed E-state index contributed by atoms with van der Waals surface area (Å²) in [5.41, 5.74) is 1.07. The van der Waals surface area contributed by atoms with Crippen molar-refractivity contribution in [2.45, 2.75) is 23.8 Å². The summed E-state index contributed by atoms with van der Waals surface area (Å²) in [6, 6.07) is 10.3. The fourth-order valence-corrected chi connectivity index (χ4v) is 3.79. The molecule has 1 aliphatic rings. The van der Waals surface area contributed by atoms with Crippen LogP contribution in [0.3, 0.4) is 0 Å². The number of esters is 1. The van der Waals surface area contributed by atoms with E-state index in [1.54, 1.807) is 0 Å². The number of amides is 1. The number of sulfonamides is 1. The molecule has 1 fully saturated rings. The molecule has 2 N–H and O–H groups in total. The molecule has 27 heavy (non-hydrogen) atoms. The van der Waals surface area contributed by atoms with Gasteiger partial charge >= 0.3 is 5.97 Å². The standard InChI is InChI=1S/C18H17FN2O5S/c19-13-3-1-12(2-4-13)11-17(22)20-14-5-7-15(8-6-14)27(24,25)21-16-9-10-26-18(16)23/h1-8,16,21H,9-11H2,(H,20,22). The molecule has 0 radical (unpaired) electrons. The highest BCUT2D eigenvalue weighted by atomic mass is 32.2. The molecule has 1 unspecified atom stereocenters. The topological polar surface area (TPSA) is 102 Å². The van der Waals surface area contributed by atoms with Gasteiger partial charge in [0.1, 0.15) is 11.9 Å². The van der Waals surface area contributed by atoms with Crippen molar-refractivity contribution in [1.82, 2.24) is 4.72 Å². The predicted octanol–water partition coefficient (Wildman–Crippen LogP) is 1.60. The lowest BCUT2D eigenvalue weighted by Gasteiger charge is -2.11. The van der Waals surface area contributed by atoms with Crippen LogP contribution in [0.2, 0.25) is 0 Å². The van der Waals surface area contributed by atoms with Crippen molar-refractivity contribution in [3.8, 4) is 0 Å². The molecule has 142 valence electrons. The van der Waals surface area contributed by atoms with Gasteiger partial charge in [0, 0.05) is 12.1 Å². The summed E-state index contributed by atoms with van der Waals surface area (Å²) in [5, 5.41) is 2.64. The lowest BCUT2D eigenvalue weighted by atomic mass is 10.1. The Balaban J connectivity index is 1.61. The van der Waals surface area contributed by atoms with Gasteiger partial charge in [-0.1, -0.05) is 12.1 Å². The summed E-state index contributed by atoms with van der Waals surface area (Å²) < 4.78 is 44.5. The first-order valence-electron chi connectivity index (χ1n) is 8.17. The summed E-state index contributed by atoms with van der Waals surface area (Å²) in [6.45, 7) is 0.186. The first kappa shape index (κ1) is 19.0. The zero-order valence-corrected chi connectivity index (χ0v) is 15.0. The summed E-state index contributed by atoms with van der Waals surface area (Å²) in [7, 11) is -3.87. The molecule has 3 rings (SSSR count). The van der Waals surface area contributed by atoms with Gasteiger partial charge in [0.25, 0.3) is 0 Å². The molecule has 2 aromatic carbocycles. The zero-order chi connectivity index (χ0) is 19.4. The highest BCUT2D eigenvalue weighted by Gasteiger charge is 2.31. The third-order valence-corrected chi connectivity index (χ3v) is 5.45. The van der Waals surface area contributed by atoms with Gasteiger partial charge in [-0.25, -0.2) is 12.8 Å². The molecule has 0 bridgehead atoms. The molecule has 9 heteroatoms. The van der Waals surface area contributed by atoms with Crippen molar-refractivity contribution in [2.75, 3.05) is 11.9 Å². The highest BCUT2D eigenvalue weighted by molar-refractivity contribution is 7.89. The molecule has 7 nitrogen and oxygen atoms in total. The second-order valence-electron chi connectivity index (χ2n) is 6.01. The van der Waals surface area contributed by atoms with E-state index in [9.17, 15) is 22.4 Å². The molecule has 0 spiro atoms. The van der Waals surface area contributed by atoms with Crippen molar-refractivity contribution in [3.63, 3.8) is 0 Å². The summed E-state index contributed by atoms with van der Waals surface area (Å²) in [6.07, 6.45) is 0.348. The fraction of sp³-hybridized carbons (Fsp3) is 0.222. The van der Waals surface area contributed by atoms with Crippen LogP contribution in [0.5, 0.6) is 0 Å². The zero-order valence-electron chi connectivity index (χ0n) is 14.1. The molecule has 0 aliphatic carbocycles. The summed E-state index contributed by atoms with van der Waals surface area (Å²) >= 11 is 0. The summed E-state index contributed by atoms with van der Waals surface area (Å²) in [4.78, 5) is 23.4. The van der Waals surface area contributed by atoms with E-state index < -0.39 is 22.0 Å². The predicted molar refractivity (Wildman–Crippen MR) is 94.9 cm³/mol. The molecule has 1 heterocycles. The van der Waals surface area contributed by atoms with Crippen molar-refractivity contribution in [1.29, 1.82) is 0 Å². The molecule has 2 aromatic rings. The van der Waals surface area contributed by atoms with Crippen LogP contribution in [-0.4, -0.2) is 32.9 Å². The van der Waals surface area contributed by atoms with Gasteiger partial charge in [0.05, 0.1) is 17.9 Å². The Morgan fingerprint density at radius 3 is 2.37 bits per heavy atom. The second-order valence-corrected chi connectivity index (χ2v) is 7.72. The fourth-order valence-electron chi connectivity index (χ4n) is 2.57. The quantitative estimate of drug-likeness (QED) is 0.727. The number of rotatable bonds is 6. The van der Waals surface area contributed by atoms with Crippen molar-refractivity contribution < 1.29 is 27.1 Å². The van der Waals surface area contributed by atoms with E-state index in [2.05, 4.69) is 10.0 Å². The second kappa shape index (κ2) is 7.85. The number of halogens is 1. The van der Waals surface area contributed by atoms with Crippen molar-refractivity contribution in [3.05, 3.63) is 59.9 Å². The van der Waals surface area contributed by atoms with Crippen molar-refractivity contribution in [2.24, 2.45) is 0 Å². The van der Waals surface area contributed by atoms with Gasteiger partial charge in [-0.05, 0) is 42.0 Å². The van der Waals surface area contributed by atoms with Crippen LogP contribution in [0.4, 0.5) is 10.1 Å². The molecular formula is C18H17FN2O5S. The molecule has 1 amide bonds. The minimum absolute atomic E-state index is 0.0290. The minimum atomic E-state index is -3.87. The highest BCUT2D eigenvalue weighted by Crippen LogP contribution is 2.17. The largest absolute Gasteiger partial charge is 0.464 e. The number of benzene rings is 2. The van der Waals surface area contributed by atoms with Crippen LogP contribution in [0, 0.1) is 5.82 Å². The number of cyclic esters (lactones) is 1. The average molecular weight is 392 g/mol. The normalized spacial score (nSPS) is 16.8. The molecule has 0 aromatic heterocycles. The van der Waals surface area contributed by atoms with Crippen LogP contribution in [0.15, 0.2) is 53.4 Å². The van der Waals surface area contributed by atoms with E-state index in [1.165, 1.54) is 48.5 Å². The van der Waals surface area contributed by atoms with Gasteiger partial charge in [-0.3, -0.25) is 9.59 Å². The SMILES string of the molecule is O=C(Cc1ccc(F)cc1)Nc1ccc(S(=O)(=O)NC2CCOC2=O)cc1. The van der Waals surface area contributed by atoms with Gasteiger partial charge in [0.2, 0.25) is 15.9 Å². The van der Waals surface area contributed by atoms with E-state index in [-0.39, 0.29) is 36.1 Å². The van der Waals surface area contributed by atoms with Gasteiger partial charge < -0.3 is 10.1 Å². The molecule has 0 saturated carbocycles. The Labute approximate surface area is 155 Å². The van der Waals surface area contributed by atoms with Crippen molar-refractivity contribution >= 4 is 27.6 Å². The molecule has 1 saturated heterocycles. The maximum Gasteiger partial charge on any atom is 0.324 e. The first-order valence-corrected chi connectivity index (χ1v) is 9.65. The Kier molecular flexibility index (Phi) is 5.52. The van der Waals surface area contributed by atoms with Crippen LogP contribution >= 0.6 is 0 Å².